The van der Waals surface area contributed by atoms with Crippen molar-refractivity contribution in [2.24, 2.45) is 0 Å². The molecule has 1 fully saturated rings. The molecule has 0 saturated carbocycles. The molecule has 1 saturated heterocycles. The summed E-state index contributed by atoms with van der Waals surface area (Å²) in [6.45, 7) is 5.09. The third-order valence-electron chi connectivity index (χ3n) is 4.19. The molecule has 2 rings (SSSR count). The van der Waals surface area contributed by atoms with Gasteiger partial charge in [0.1, 0.15) is 5.75 Å². The number of rotatable bonds is 6. The molecule has 4 nitrogen and oxygen atoms in total. The number of ether oxygens (including phenoxy) is 1. The Hall–Kier alpha value is -1.84. The van der Waals surface area contributed by atoms with Crippen LogP contribution in [0.1, 0.15) is 56.3 Å². The van der Waals surface area contributed by atoms with Crippen molar-refractivity contribution < 1.29 is 14.3 Å². The number of piperidine rings is 1. The van der Waals surface area contributed by atoms with Crippen LogP contribution < -0.4 is 4.74 Å². The van der Waals surface area contributed by atoms with Gasteiger partial charge < -0.3 is 9.64 Å². The van der Waals surface area contributed by atoms with Crippen LogP contribution in [0.3, 0.4) is 0 Å². The molecule has 22 heavy (non-hydrogen) atoms. The maximum absolute atomic E-state index is 12.2. The molecule has 0 aliphatic carbocycles. The molecule has 0 N–H and O–H groups in total. The molecule has 0 bridgehead atoms. The Kier molecular flexibility index (Phi) is 5.99. The fourth-order valence-corrected chi connectivity index (χ4v) is 2.81. The Labute approximate surface area is 132 Å². The van der Waals surface area contributed by atoms with Gasteiger partial charge in [-0.25, -0.2) is 0 Å². The van der Waals surface area contributed by atoms with E-state index in [2.05, 4.69) is 6.92 Å². The van der Waals surface area contributed by atoms with Crippen molar-refractivity contribution in [1.29, 1.82) is 0 Å². The van der Waals surface area contributed by atoms with E-state index in [-0.39, 0.29) is 11.7 Å². The van der Waals surface area contributed by atoms with Crippen LogP contribution >= 0.6 is 0 Å². The van der Waals surface area contributed by atoms with Crippen LogP contribution in [-0.4, -0.2) is 35.8 Å². The number of carbonyl (C=O) groups is 2. The maximum Gasteiger partial charge on any atom is 0.222 e. The molecule has 0 radical (unpaired) electrons. The lowest BCUT2D eigenvalue weighted by Gasteiger charge is -2.33. The number of ketones is 1. The molecule has 1 aliphatic heterocycles. The molecule has 1 aromatic carbocycles. The standard InChI is InChI=1S/C18H25NO3/c1-14-6-3-4-12-19(14)18(21)7-5-13-22-17-10-8-16(9-11-17)15(2)20/h8-11,14H,3-7,12-13H2,1-2H3. The first-order valence-corrected chi connectivity index (χ1v) is 8.11. The maximum atomic E-state index is 12.2. The van der Waals surface area contributed by atoms with Gasteiger partial charge in [-0.1, -0.05) is 0 Å². The zero-order valence-corrected chi connectivity index (χ0v) is 13.5. The van der Waals surface area contributed by atoms with Crippen molar-refractivity contribution in [3.63, 3.8) is 0 Å². The first-order chi connectivity index (χ1) is 10.6. The second-order valence-electron chi connectivity index (χ2n) is 5.96. The van der Waals surface area contributed by atoms with Crippen LogP contribution in [0.15, 0.2) is 24.3 Å². The summed E-state index contributed by atoms with van der Waals surface area (Å²) in [7, 11) is 0. The predicted molar refractivity (Wildman–Crippen MR) is 86.2 cm³/mol. The van der Waals surface area contributed by atoms with Crippen molar-refractivity contribution in [2.45, 2.75) is 52.0 Å². The number of benzene rings is 1. The second-order valence-corrected chi connectivity index (χ2v) is 5.96. The average Bonchev–Trinajstić information content (AvgIpc) is 2.52. The number of hydrogen-bond donors (Lipinski definition) is 0. The van der Waals surface area contributed by atoms with E-state index in [0.717, 1.165) is 31.6 Å². The highest BCUT2D eigenvalue weighted by molar-refractivity contribution is 5.94. The quantitative estimate of drug-likeness (QED) is 0.597. The molecule has 1 heterocycles. The molecule has 4 heteroatoms. The van der Waals surface area contributed by atoms with Gasteiger partial charge in [0, 0.05) is 24.6 Å². The third kappa shape index (κ3) is 4.58. The molecule has 1 aromatic rings. The number of hydrogen-bond acceptors (Lipinski definition) is 3. The van der Waals surface area contributed by atoms with Crippen LogP contribution in [0.25, 0.3) is 0 Å². The van der Waals surface area contributed by atoms with Crippen molar-refractivity contribution in [3.05, 3.63) is 29.8 Å². The highest BCUT2D eigenvalue weighted by Crippen LogP contribution is 2.18. The number of carbonyl (C=O) groups excluding carboxylic acids is 2. The smallest absolute Gasteiger partial charge is 0.222 e. The summed E-state index contributed by atoms with van der Waals surface area (Å²) in [5, 5.41) is 0. The van der Waals surface area contributed by atoms with Gasteiger partial charge in [0.25, 0.3) is 0 Å². The van der Waals surface area contributed by atoms with Gasteiger partial charge in [-0.15, -0.1) is 0 Å². The van der Waals surface area contributed by atoms with E-state index in [4.69, 9.17) is 4.74 Å². The van der Waals surface area contributed by atoms with Crippen LogP contribution in [0.5, 0.6) is 5.75 Å². The van der Waals surface area contributed by atoms with Crippen LogP contribution in [0.2, 0.25) is 0 Å². The fourth-order valence-electron chi connectivity index (χ4n) is 2.81. The first kappa shape index (κ1) is 16.5. The lowest BCUT2D eigenvalue weighted by Crippen LogP contribution is -2.42. The lowest BCUT2D eigenvalue weighted by molar-refractivity contribution is -0.134. The largest absolute Gasteiger partial charge is 0.494 e. The molecule has 0 spiro atoms. The number of amides is 1. The van der Waals surface area contributed by atoms with Crippen molar-refractivity contribution in [1.82, 2.24) is 4.90 Å². The highest BCUT2D eigenvalue weighted by Gasteiger charge is 2.22. The summed E-state index contributed by atoms with van der Waals surface area (Å²) >= 11 is 0. The molecule has 1 aliphatic rings. The zero-order chi connectivity index (χ0) is 15.9. The summed E-state index contributed by atoms with van der Waals surface area (Å²) in [5.41, 5.74) is 0.682. The molecule has 120 valence electrons. The zero-order valence-electron chi connectivity index (χ0n) is 13.5. The molecular weight excluding hydrogens is 278 g/mol. The molecule has 1 unspecified atom stereocenters. The van der Waals surface area contributed by atoms with E-state index < -0.39 is 0 Å². The van der Waals surface area contributed by atoms with E-state index in [1.807, 2.05) is 4.90 Å². The minimum absolute atomic E-state index is 0.0489. The SMILES string of the molecule is CC(=O)c1ccc(OCCCC(=O)N2CCCCC2C)cc1. The summed E-state index contributed by atoms with van der Waals surface area (Å²) in [5.74, 6) is 1.03. The normalized spacial score (nSPS) is 18.1. The molecule has 1 amide bonds. The number of Topliss-reactive ketones (excluding diaryl/α,β-unsaturated/α-hetero) is 1. The van der Waals surface area contributed by atoms with Gasteiger partial charge in [-0.2, -0.15) is 0 Å². The van der Waals surface area contributed by atoms with Gasteiger partial charge in [-0.3, -0.25) is 9.59 Å². The van der Waals surface area contributed by atoms with Crippen molar-refractivity contribution >= 4 is 11.7 Å². The van der Waals surface area contributed by atoms with E-state index in [0.29, 0.717) is 24.6 Å². The highest BCUT2D eigenvalue weighted by atomic mass is 16.5. The Morgan fingerprint density at radius 1 is 1.23 bits per heavy atom. The molecular formula is C18H25NO3. The summed E-state index contributed by atoms with van der Waals surface area (Å²) < 4.78 is 5.62. The van der Waals surface area contributed by atoms with Gasteiger partial charge in [0.15, 0.2) is 5.78 Å². The summed E-state index contributed by atoms with van der Waals surface area (Å²) in [6.07, 6.45) is 4.72. The van der Waals surface area contributed by atoms with Crippen molar-refractivity contribution in [2.75, 3.05) is 13.2 Å². The number of likely N-dealkylation sites (tertiary alicyclic amines) is 1. The first-order valence-electron chi connectivity index (χ1n) is 8.11. The van der Waals surface area contributed by atoms with Crippen LogP contribution in [-0.2, 0) is 4.79 Å². The van der Waals surface area contributed by atoms with Crippen LogP contribution in [0, 0.1) is 0 Å². The second kappa shape index (κ2) is 7.97. The fraction of sp³-hybridized carbons (Fsp3) is 0.556. The Balaban J connectivity index is 1.70. The van der Waals surface area contributed by atoms with Crippen molar-refractivity contribution in [3.8, 4) is 5.75 Å². The Bertz CT molecular complexity index is 510. The molecule has 0 aromatic heterocycles. The van der Waals surface area contributed by atoms with E-state index in [9.17, 15) is 9.59 Å². The van der Waals surface area contributed by atoms with Gasteiger partial charge in [-0.05, 0) is 63.8 Å². The lowest BCUT2D eigenvalue weighted by atomic mass is 10.0. The molecule has 1 atom stereocenters. The van der Waals surface area contributed by atoms with Gasteiger partial charge in [0.2, 0.25) is 5.91 Å². The monoisotopic (exact) mass is 303 g/mol. The van der Waals surface area contributed by atoms with E-state index in [1.54, 1.807) is 31.2 Å². The third-order valence-corrected chi connectivity index (χ3v) is 4.19. The summed E-state index contributed by atoms with van der Waals surface area (Å²) in [4.78, 5) is 25.4. The van der Waals surface area contributed by atoms with E-state index in [1.165, 1.54) is 6.42 Å². The van der Waals surface area contributed by atoms with Gasteiger partial charge in [0.05, 0.1) is 6.61 Å². The Morgan fingerprint density at radius 3 is 2.59 bits per heavy atom. The Morgan fingerprint density at radius 2 is 1.95 bits per heavy atom. The summed E-state index contributed by atoms with van der Waals surface area (Å²) in [6, 6.07) is 7.49. The van der Waals surface area contributed by atoms with Gasteiger partial charge >= 0.3 is 0 Å². The predicted octanol–water partition coefficient (Wildman–Crippen LogP) is 3.45. The van der Waals surface area contributed by atoms with Crippen LogP contribution in [0.4, 0.5) is 0 Å². The van der Waals surface area contributed by atoms with E-state index >= 15 is 0 Å². The minimum Gasteiger partial charge on any atom is -0.494 e. The topological polar surface area (TPSA) is 46.6 Å². The minimum atomic E-state index is 0.0489. The average molecular weight is 303 g/mol. The number of nitrogens with zero attached hydrogens (tertiary/aromatic N) is 1.